The van der Waals surface area contributed by atoms with Crippen LogP contribution in [0.3, 0.4) is 0 Å². The van der Waals surface area contributed by atoms with Gasteiger partial charge in [-0.15, -0.1) is 0 Å². The van der Waals surface area contributed by atoms with Crippen LogP contribution in [0, 0.1) is 0 Å². The first kappa shape index (κ1) is 27.8. The number of sulfonamides is 1. The molecule has 0 bridgehead atoms. The fraction of sp³-hybridized carbons (Fsp3) is 0.0741. The molecule has 14 heteroatoms. The molecule has 0 saturated carbocycles. The average molecular weight is 594 g/mol. The van der Waals surface area contributed by atoms with Crippen LogP contribution in [-0.4, -0.2) is 30.3 Å². The quantitative estimate of drug-likeness (QED) is 0.180. The van der Waals surface area contributed by atoms with Crippen molar-refractivity contribution in [3.05, 3.63) is 78.4 Å². The van der Waals surface area contributed by atoms with Crippen LogP contribution < -0.4 is 26.2 Å². The van der Waals surface area contributed by atoms with Crippen molar-refractivity contribution in [3.63, 3.8) is 0 Å². The number of carbonyl (C=O) groups excluding carboxylic acids is 3. The molecule has 3 amide bonds. The lowest BCUT2D eigenvalue weighted by Crippen LogP contribution is -2.15. The van der Waals surface area contributed by atoms with E-state index in [1.807, 2.05) is 0 Å². The molecular weight excluding hydrogens is 570 g/mol. The molecule has 41 heavy (non-hydrogen) atoms. The van der Waals surface area contributed by atoms with E-state index in [0.717, 1.165) is 0 Å². The van der Waals surface area contributed by atoms with Gasteiger partial charge in [-0.25, -0.2) is 12.6 Å². The second-order valence-corrected chi connectivity index (χ2v) is 11.7. The molecule has 0 saturated heterocycles. The summed E-state index contributed by atoms with van der Waals surface area (Å²) in [5.74, 6) is -0.976. The van der Waals surface area contributed by atoms with Crippen molar-refractivity contribution in [3.8, 4) is 0 Å². The van der Waals surface area contributed by atoms with Gasteiger partial charge in [0.1, 0.15) is 0 Å². The van der Waals surface area contributed by atoms with Gasteiger partial charge < -0.3 is 16.0 Å². The van der Waals surface area contributed by atoms with Gasteiger partial charge in [-0.05, 0) is 60.7 Å². The topological polar surface area (TPSA) is 172 Å². The van der Waals surface area contributed by atoms with Crippen LogP contribution >= 0.6 is 0 Å². The number of rotatable bonds is 9. The molecule has 0 aliphatic carbocycles. The highest BCUT2D eigenvalue weighted by Crippen LogP contribution is 2.41. The zero-order valence-electron chi connectivity index (χ0n) is 21.6. The molecule has 0 aromatic heterocycles. The molecule has 4 aromatic rings. The fourth-order valence-electron chi connectivity index (χ4n) is 4.26. The van der Waals surface area contributed by atoms with E-state index < -0.39 is 27.0 Å². The molecule has 1 heterocycles. The van der Waals surface area contributed by atoms with Crippen molar-refractivity contribution in [2.75, 3.05) is 26.2 Å². The molecule has 0 fully saturated rings. The average Bonchev–Trinajstić information content (AvgIpc) is 3.26. The molecule has 1 aliphatic rings. The zero-order chi connectivity index (χ0) is 29.3. The summed E-state index contributed by atoms with van der Waals surface area (Å²) in [5.41, 5.74) is 4.63. The molecule has 0 radical (unpaired) electrons. The summed E-state index contributed by atoms with van der Waals surface area (Å²) in [5, 5.41) is 8.44. The number of nitrogens with one attached hydrogen (secondary N) is 5. The lowest BCUT2D eigenvalue weighted by molar-refractivity contribution is -0.115. The second kappa shape index (κ2) is 11.0. The van der Waals surface area contributed by atoms with E-state index >= 15 is 0 Å². The first-order valence-corrected chi connectivity index (χ1v) is 14.6. The van der Waals surface area contributed by atoms with Gasteiger partial charge in [0.05, 0.1) is 21.2 Å². The van der Waals surface area contributed by atoms with Gasteiger partial charge in [0, 0.05) is 47.2 Å². The van der Waals surface area contributed by atoms with Crippen molar-refractivity contribution < 1.29 is 31.3 Å². The monoisotopic (exact) mass is 593 g/mol. The summed E-state index contributed by atoms with van der Waals surface area (Å²) in [6, 6.07) is 18.3. The van der Waals surface area contributed by atoms with E-state index in [0.29, 0.717) is 22.4 Å². The maximum absolute atomic E-state index is 13.6. The maximum atomic E-state index is 13.6. The molecule has 0 spiro atoms. The minimum Gasteiger partial charge on any atom is -0.326 e. The highest BCUT2D eigenvalue weighted by atomic mass is 32.2. The summed E-state index contributed by atoms with van der Waals surface area (Å²) in [7, 11) is -4.26. The molecule has 5 N–H and O–H groups in total. The van der Waals surface area contributed by atoms with E-state index in [1.165, 1.54) is 44.2 Å². The van der Waals surface area contributed by atoms with E-state index in [9.17, 15) is 27.0 Å². The minimum absolute atomic E-state index is 0.0699. The molecule has 210 valence electrons. The summed E-state index contributed by atoms with van der Waals surface area (Å²) < 4.78 is 48.3. The van der Waals surface area contributed by atoms with Gasteiger partial charge in [-0.3, -0.25) is 24.6 Å². The fourth-order valence-corrected chi connectivity index (χ4v) is 6.42. The molecule has 5 rings (SSSR count). The second-order valence-electron chi connectivity index (χ2n) is 8.97. The van der Waals surface area contributed by atoms with E-state index in [-0.39, 0.29) is 43.9 Å². The van der Waals surface area contributed by atoms with E-state index in [1.54, 1.807) is 42.5 Å². The lowest BCUT2D eigenvalue weighted by atomic mass is 10.1. The van der Waals surface area contributed by atoms with Crippen LogP contribution in [0.4, 0.5) is 28.4 Å². The van der Waals surface area contributed by atoms with Crippen LogP contribution in [0.2, 0.25) is 0 Å². The standard InChI is InChI=1S/C27H23N5O7S2/c1-15(33)28-17-6-10-19(11-7-17)31-39-40(36)23-14-24(21-4-3-5-22-25(21)26(23)30-27(22)35)41(37,38)32-20-12-8-18(9-13-20)29-16(2)34/h3-14,31-32H,1-2H3,(H,28,33)(H,29,34)(H,30,35). The molecule has 1 aliphatic heterocycles. The minimum atomic E-state index is -4.26. The number of hydrogen-bond donors (Lipinski definition) is 5. The maximum Gasteiger partial charge on any atom is 0.262 e. The van der Waals surface area contributed by atoms with Gasteiger partial charge in [0.2, 0.25) is 22.9 Å². The van der Waals surface area contributed by atoms with Crippen LogP contribution in [0.15, 0.2) is 82.6 Å². The van der Waals surface area contributed by atoms with Crippen LogP contribution in [0.25, 0.3) is 10.8 Å². The Kier molecular flexibility index (Phi) is 7.45. The van der Waals surface area contributed by atoms with Crippen LogP contribution in [-0.2, 0) is 35.0 Å². The van der Waals surface area contributed by atoms with Crippen molar-refractivity contribution in [1.29, 1.82) is 0 Å². The molecule has 12 nitrogen and oxygen atoms in total. The normalized spacial score (nSPS) is 12.9. The molecule has 1 atom stereocenters. The van der Waals surface area contributed by atoms with Gasteiger partial charge in [0.25, 0.3) is 15.9 Å². The number of anilines is 5. The smallest absolute Gasteiger partial charge is 0.262 e. The Morgan fingerprint density at radius 1 is 0.829 bits per heavy atom. The Morgan fingerprint density at radius 2 is 1.39 bits per heavy atom. The van der Waals surface area contributed by atoms with Crippen LogP contribution in [0.1, 0.15) is 24.2 Å². The largest absolute Gasteiger partial charge is 0.326 e. The van der Waals surface area contributed by atoms with E-state index in [2.05, 4.69) is 26.2 Å². The van der Waals surface area contributed by atoms with Gasteiger partial charge in [0.15, 0.2) is 0 Å². The molecule has 4 aromatic carbocycles. The van der Waals surface area contributed by atoms with Crippen molar-refractivity contribution in [1.82, 2.24) is 0 Å². The first-order valence-electron chi connectivity index (χ1n) is 12.1. The van der Waals surface area contributed by atoms with Gasteiger partial charge in [-0.1, -0.05) is 12.1 Å². The third kappa shape index (κ3) is 5.89. The summed E-state index contributed by atoms with van der Waals surface area (Å²) in [6.07, 6.45) is 0. The van der Waals surface area contributed by atoms with Crippen molar-refractivity contribution in [2.45, 2.75) is 23.6 Å². The lowest BCUT2D eigenvalue weighted by Gasteiger charge is -2.15. The Labute approximate surface area is 237 Å². The Balaban J connectivity index is 1.47. The summed E-state index contributed by atoms with van der Waals surface area (Å²) in [4.78, 5) is 34.9. The van der Waals surface area contributed by atoms with Gasteiger partial charge >= 0.3 is 0 Å². The van der Waals surface area contributed by atoms with E-state index in [4.69, 9.17) is 4.28 Å². The zero-order valence-corrected chi connectivity index (χ0v) is 23.2. The van der Waals surface area contributed by atoms with Crippen LogP contribution in [0.5, 0.6) is 0 Å². The highest BCUT2D eigenvalue weighted by molar-refractivity contribution is 7.93. The molecular formula is C27H23N5O7S2. The predicted octanol–water partition coefficient (Wildman–Crippen LogP) is 4.19. The Bertz CT molecular complexity index is 1840. The van der Waals surface area contributed by atoms with Crippen molar-refractivity contribution in [2.24, 2.45) is 0 Å². The number of benzene rings is 4. The third-order valence-electron chi connectivity index (χ3n) is 5.94. The van der Waals surface area contributed by atoms with Gasteiger partial charge in [-0.2, -0.15) is 4.28 Å². The summed E-state index contributed by atoms with van der Waals surface area (Å²) >= 11 is -2.28. The summed E-state index contributed by atoms with van der Waals surface area (Å²) in [6.45, 7) is 2.74. The molecule has 1 unspecified atom stereocenters. The number of carbonyl (C=O) groups is 3. The number of hydrogen-bond acceptors (Lipinski definition) is 8. The SMILES string of the molecule is CC(=O)Nc1ccc(NOS(=O)c2cc(S(=O)(=O)Nc3ccc(NC(C)=O)cc3)c3cccc4c3c2NC4=O)cc1. The Hall–Kier alpha value is -4.79. The predicted molar refractivity (Wildman–Crippen MR) is 155 cm³/mol. The van der Waals surface area contributed by atoms with Crippen molar-refractivity contribution >= 4 is 78.0 Å². The first-order chi connectivity index (χ1) is 19.5. The number of amides is 3. The highest BCUT2D eigenvalue weighted by Gasteiger charge is 2.31. The Morgan fingerprint density at radius 3 is 1.98 bits per heavy atom. The third-order valence-corrected chi connectivity index (χ3v) is 8.28.